The van der Waals surface area contributed by atoms with E-state index in [1.807, 2.05) is 0 Å². The summed E-state index contributed by atoms with van der Waals surface area (Å²) in [5.74, 6) is 0. The van der Waals surface area contributed by atoms with Gasteiger partial charge in [-0.25, -0.2) is 0 Å². The SMILES string of the molecule is CN(Cc1ccn(C2CCCCC2)n1)C1CCCCC1O. The topological polar surface area (TPSA) is 41.3 Å². The summed E-state index contributed by atoms with van der Waals surface area (Å²) >= 11 is 0. The predicted molar refractivity (Wildman–Crippen MR) is 84.1 cm³/mol. The zero-order valence-electron chi connectivity index (χ0n) is 13.2. The van der Waals surface area contributed by atoms with E-state index in [9.17, 15) is 5.11 Å². The third-order valence-electron chi connectivity index (χ3n) is 5.28. The maximum Gasteiger partial charge on any atom is 0.0764 e. The number of aliphatic hydroxyl groups excluding tert-OH is 1. The van der Waals surface area contributed by atoms with E-state index in [1.165, 1.54) is 44.9 Å². The Balaban J connectivity index is 1.58. The van der Waals surface area contributed by atoms with Gasteiger partial charge in [-0.2, -0.15) is 5.10 Å². The van der Waals surface area contributed by atoms with Gasteiger partial charge in [-0.1, -0.05) is 32.1 Å². The lowest BCUT2D eigenvalue weighted by Gasteiger charge is -2.34. The lowest BCUT2D eigenvalue weighted by molar-refractivity contribution is 0.0282. The smallest absolute Gasteiger partial charge is 0.0764 e. The number of rotatable bonds is 4. The molecule has 2 unspecified atom stereocenters. The van der Waals surface area contributed by atoms with E-state index in [2.05, 4.69) is 28.9 Å². The minimum atomic E-state index is -0.163. The lowest BCUT2D eigenvalue weighted by Crippen LogP contribution is -2.42. The Bertz CT molecular complexity index is 439. The Morgan fingerprint density at radius 3 is 2.62 bits per heavy atom. The number of aromatic nitrogens is 2. The Hall–Kier alpha value is -0.870. The normalized spacial score (nSPS) is 28.1. The predicted octanol–water partition coefficient (Wildman–Crippen LogP) is 3.12. The molecule has 1 aromatic rings. The maximum absolute atomic E-state index is 10.2. The Labute approximate surface area is 128 Å². The summed E-state index contributed by atoms with van der Waals surface area (Å²) in [5.41, 5.74) is 1.14. The van der Waals surface area contributed by atoms with Gasteiger partial charge in [0.15, 0.2) is 0 Å². The molecule has 0 radical (unpaired) electrons. The number of likely N-dealkylation sites (N-methyl/N-ethyl adjacent to an activating group) is 1. The fraction of sp³-hybridized carbons (Fsp3) is 0.824. The third-order valence-corrected chi connectivity index (χ3v) is 5.28. The van der Waals surface area contributed by atoms with Crippen LogP contribution in [-0.2, 0) is 6.54 Å². The average molecular weight is 291 g/mol. The number of hydrogen-bond donors (Lipinski definition) is 1. The summed E-state index contributed by atoms with van der Waals surface area (Å²) in [5, 5.41) is 14.9. The van der Waals surface area contributed by atoms with Crippen molar-refractivity contribution >= 4 is 0 Å². The number of nitrogens with zero attached hydrogens (tertiary/aromatic N) is 3. The van der Waals surface area contributed by atoms with Crippen molar-refractivity contribution in [2.75, 3.05) is 7.05 Å². The summed E-state index contributed by atoms with van der Waals surface area (Å²) in [7, 11) is 2.12. The van der Waals surface area contributed by atoms with Crippen LogP contribution >= 0.6 is 0 Å². The largest absolute Gasteiger partial charge is 0.391 e. The Morgan fingerprint density at radius 2 is 1.86 bits per heavy atom. The fourth-order valence-electron chi connectivity index (χ4n) is 3.99. The Morgan fingerprint density at radius 1 is 1.14 bits per heavy atom. The third kappa shape index (κ3) is 3.67. The molecule has 1 N–H and O–H groups in total. The van der Waals surface area contributed by atoms with E-state index < -0.39 is 0 Å². The first-order valence-electron chi connectivity index (χ1n) is 8.66. The van der Waals surface area contributed by atoms with Crippen LogP contribution in [0.3, 0.4) is 0 Å². The van der Waals surface area contributed by atoms with Crippen LogP contribution in [0.5, 0.6) is 0 Å². The summed E-state index contributed by atoms with van der Waals surface area (Å²) in [4.78, 5) is 2.29. The number of aliphatic hydroxyl groups is 1. The molecular formula is C17H29N3O. The molecule has 1 heterocycles. The highest BCUT2D eigenvalue weighted by atomic mass is 16.3. The van der Waals surface area contributed by atoms with Crippen molar-refractivity contribution in [1.82, 2.24) is 14.7 Å². The second-order valence-electron chi connectivity index (χ2n) is 6.91. The van der Waals surface area contributed by atoms with E-state index in [0.717, 1.165) is 25.1 Å². The second-order valence-corrected chi connectivity index (χ2v) is 6.91. The van der Waals surface area contributed by atoms with Gasteiger partial charge < -0.3 is 5.11 Å². The molecule has 0 bridgehead atoms. The molecule has 1 aromatic heterocycles. The maximum atomic E-state index is 10.2. The summed E-state index contributed by atoms with van der Waals surface area (Å²) in [6.07, 6.45) is 13.1. The monoisotopic (exact) mass is 291 g/mol. The van der Waals surface area contributed by atoms with E-state index in [4.69, 9.17) is 5.10 Å². The van der Waals surface area contributed by atoms with Crippen LogP contribution in [0.15, 0.2) is 12.3 Å². The first-order chi connectivity index (χ1) is 10.2. The van der Waals surface area contributed by atoms with Crippen molar-refractivity contribution < 1.29 is 5.11 Å². The van der Waals surface area contributed by atoms with E-state index >= 15 is 0 Å². The van der Waals surface area contributed by atoms with E-state index in [-0.39, 0.29) is 6.10 Å². The molecule has 4 heteroatoms. The average Bonchev–Trinajstić information content (AvgIpc) is 2.97. The van der Waals surface area contributed by atoms with Gasteiger partial charge in [0.1, 0.15) is 0 Å². The first-order valence-corrected chi connectivity index (χ1v) is 8.66. The lowest BCUT2D eigenvalue weighted by atomic mass is 9.91. The molecule has 2 atom stereocenters. The molecule has 0 saturated heterocycles. The van der Waals surface area contributed by atoms with Crippen molar-refractivity contribution in [3.05, 3.63) is 18.0 Å². The van der Waals surface area contributed by atoms with Gasteiger partial charge in [-0.3, -0.25) is 9.58 Å². The first kappa shape index (κ1) is 15.0. The fourth-order valence-corrected chi connectivity index (χ4v) is 3.99. The number of hydrogen-bond acceptors (Lipinski definition) is 3. The van der Waals surface area contributed by atoms with Gasteiger partial charge in [-0.05, 0) is 38.8 Å². The molecule has 2 fully saturated rings. The zero-order chi connectivity index (χ0) is 14.7. The summed E-state index contributed by atoms with van der Waals surface area (Å²) < 4.78 is 2.18. The minimum absolute atomic E-state index is 0.163. The van der Waals surface area contributed by atoms with Gasteiger partial charge in [0.05, 0.1) is 17.8 Å². The minimum Gasteiger partial charge on any atom is -0.391 e. The molecule has 2 saturated carbocycles. The molecular weight excluding hydrogens is 262 g/mol. The van der Waals surface area contributed by atoms with Crippen LogP contribution in [0.2, 0.25) is 0 Å². The van der Waals surface area contributed by atoms with Crippen molar-refractivity contribution in [3.8, 4) is 0 Å². The van der Waals surface area contributed by atoms with Crippen molar-refractivity contribution in [1.29, 1.82) is 0 Å². The van der Waals surface area contributed by atoms with Crippen LogP contribution in [0, 0.1) is 0 Å². The van der Waals surface area contributed by atoms with Gasteiger partial charge >= 0.3 is 0 Å². The highest BCUT2D eigenvalue weighted by Crippen LogP contribution is 2.28. The van der Waals surface area contributed by atoms with Crippen molar-refractivity contribution in [3.63, 3.8) is 0 Å². The quantitative estimate of drug-likeness (QED) is 0.926. The van der Waals surface area contributed by atoms with Crippen molar-refractivity contribution in [2.24, 2.45) is 0 Å². The van der Waals surface area contributed by atoms with Gasteiger partial charge in [0, 0.05) is 18.8 Å². The van der Waals surface area contributed by atoms with Crippen LogP contribution in [0.25, 0.3) is 0 Å². The Kier molecular flexibility index (Phi) is 4.96. The zero-order valence-corrected chi connectivity index (χ0v) is 13.2. The van der Waals surface area contributed by atoms with Crippen LogP contribution in [0.1, 0.15) is 69.5 Å². The van der Waals surface area contributed by atoms with Gasteiger partial charge in [-0.15, -0.1) is 0 Å². The van der Waals surface area contributed by atoms with Crippen LogP contribution in [-0.4, -0.2) is 39.0 Å². The van der Waals surface area contributed by atoms with Gasteiger partial charge in [0.2, 0.25) is 0 Å². The molecule has 0 amide bonds. The summed E-state index contributed by atoms with van der Waals surface area (Å²) in [6, 6.07) is 3.07. The molecule has 4 nitrogen and oxygen atoms in total. The summed E-state index contributed by atoms with van der Waals surface area (Å²) in [6.45, 7) is 0.849. The standard InChI is InChI=1S/C17H29N3O/c1-19(16-9-5-6-10-17(16)21)13-14-11-12-20(18-14)15-7-3-2-4-8-15/h11-12,15-17,21H,2-10,13H2,1H3. The molecule has 2 aliphatic carbocycles. The molecule has 0 spiro atoms. The molecule has 3 rings (SSSR count). The highest BCUT2D eigenvalue weighted by molar-refractivity contribution is 5.01. The molecule has 0 aliphatic heterocycles. The molecule has 0 aromatic carbocycles. The molecule has 118 valence electrons. The highest BCUT2D eigenvalue weighted by Gasteiger charge is 2.27. The van der Waals surface area contributed by atoms with Crippen molar-refractivity contribution in [2.45, 2.75) is 82.5 Å². The van der Waals surface area contributed by atoms with E-state index in [0.29, 0.717) is 12.1 Å². The van der Waals surface area contributed by atoms with Crippen LogP contribution in [0.4, 0.5) is 0 Å². The van der Waals surface area contributed by atoms with Gasteiger partial charge in [0.25, 0.3) is 0 Å². The molecule has 2 aliphatic rings. The van der Waals surface area contributed by atoms with E-state index in [1.54, 1.807) is 0 Å². The second kappa shape index (κ2) is 6.93. The van der Waals surface area contributed by atoms with Crippen LogP contribution < -0.4 is 0 Å². The molecule has 21 heavy (non-hydrogen) atoms.